The number of hydrogen-bond donors (Lipinski definition) is 1. The van der Waals surface area contributed by atoms with E-state index in [9.17, 15) is 12.8 Å². The summed E-state index contributed by atoms with van der Waals surface area (Å²) in [6.07, 6.45) is 4.46. The average Bonchev–Trinajstić information content (AvgIpc) is 3.28. The van der Waals surface area contributed by atoms with Crippen molar-refractivity contribution in [1.82, 2.24) is 20.2 Å². The molecule has 5 aromatic rings. The topological polar surface area (TPSA) is 88.6 Å². The Labute approximate surface area is 208 Å². The number of H-pyrrole nitrogens is 1. The van der Waals surface area contributed by atoms with Crippen LogP contribution in [0.3, 0.4) is 0 Å². The van der Waals surface area contributed by atoms with Gasteiger partial charge in [-0.15, -0.1) is 24.8 Å². The molecule has 174 valence electrons. The van der Waals surface area contributed by atoms with Crippen LogP contribution in [0.5, 0.6) is 0 Å². The zero-order chi connectivity index (χ0) is 22.3. The second-order valence-corrected chi connectivity index (χ2v) is 9.42. The molecule has 34 heavy (non-hydrogen) atoms. The summed E-state index contributed by atoms with van der Waals surface area (Å²) in [4.78, 5) is 9.07. The Morgan fingerprint density at radius 3 is 2.09 bits per heavy atom. The van der Waals surface area contributed by atoms with E-state index in [-0.39, 0.29) is 35.5 Å². The van der Waals surface area contributed by atoms with Gasteiger partial charge in [-0.25, -0.2) is 22.8 Å². The van der Waals surface area contributed by atoms with E-state index in [4.69, 9.17) is 0 Å². The number of hydrogen-bond acceptors (Lipinski definition) is 5. The van der Waals surface area contributed by atoms with E-state index in [2.05, 4.69) is 20.2 Å². The lowest BCUT2D eigenvalue weighted by molar-refractivity contribution is 0.602. The lowest BCUT2D eigenvalue weighted by Gasteiger charge is -2.09. The Morgan fingerprint density at radius 2 is 1.41 bits per heavy atom. The molecule has 10 heteroatoms. The van der Waals surface area contributed by atoms with Crippen molar-refractivity contribution in [1.29, 1.82) is 0 Å². The van der Waals surface area contributed by atoms with E-state index in [0.29, 0.717) is 11.4 Å². The van der Waals surface area contributed by atoms with Gasteiger partial charge in [0.05, 0.1) is 21.8 Å². The van der Waals surface area contributed by atoms with Crippen molar-refractivity contribution in [3.63, 3.8) is 0 Å². The first-order chi connectivity index (χ1) is 15.4. The zero-order valence-corrected chi connectivity index (χ0v) is 20.2. The van der Waals surface area contributed by atoms with E-state index in [1.807, 2.05) is 18.2 Å². The fraction of sp³-hybridized carbons (Fsp3) is 0.0417. The molecule has 0 aliphatic heterocycles. The van der Waals surface area contributed by atoms with Crippen LogP contribution in [0.2, 0.25) is 0 Å². The highest BCUT2D eigenvalue weighted by Gasteiger charge is 2.14. The molecule has 2 heterocycles. The second kappa shape index (κ2) is 9.89. The summed E-state index contributed by atoms with van der Waals surface area (Å²) in [6.45, 7) is 0. The van der Waals surface area contributed by atoms with Crippen molar-refractivity contribution >= 4 is 45.6 Å². The number of nitrogens with one attached hydrogen (secondary N) is 1. The molecule has 0 atom stereocenters. The predicted molar refractivity (Wildman–Crippen MR) is 136 cm³/mol. The Bertz CT molecular complexity index is 1550. The zero-order valence-electron chi connectivity index (χ0n) is 17.8. The summed E-state index contributed by atoms with van der Waals surface area (Å²) in [5, 5.41) is 8.07. The fourth-order valence-electron chi connectivity index (χ4n) is 3.65. The van der Waals surface area contributed by atoms with Crippen LogP contribution in [0.15, 0.2) is 84.1 Å². The van der Waals surface area contributed by atoms with Gasteiger partial charge in [-0.3, -0.25) is 5.10 Å². The van der Waals surface area contributed by atoms with E-state index < -0.39 is 9.84 Å². The van der Waals surface area contributed by atoms with Gasteiger partial charge in [0, 0.05) is 34.5 Å². The van der Waals surface area contributed by atoms with Crippen molar-refractivity contribution in [2.45, 2.75) is 4.90 Å². The molecule has 0 spiro atoms. The first-order valence-corrected chi connectivity index (χ1v) is 11.6. The molecule has 0 bridgehead atoms. The maximum atomic E-state index is 13.3. The maximum absolute atomic E-state index is 13.3. The lowest BCUT2D eigenvalue weighted by Crippen LogP contribution is -1.97. The predicted octanol–water partition coefficient (Wildman–Crippen LogP) is 5.74. The number of aromatic nitrogens is 4. The van der Waals surface area contributed by atoms with Crippen LogP contribution in [0, 0.1) is 5.82 Å². The monoisotopic (exact) mass is 516 g/mol. The molecular formula is C24H19Cl2FN4O2S. The molecule has 3 aromatic carbocycles. The average molecular weight is 517 g/mol. The van der Waals surface area contributed by atoms with E-state index in [0.717, 1.165) is 33.2 Å². The standard InChI is InChI=1S/C24H17FN4O2S.2ClH/c1-32(30,31)19-9-4-15(5-10-19)23-20-12-17(6-11-22(20)26-14-27-23)21-13-28-29-24(21)16-2-7-18(25)8-3-16;;/h2-14H,1H3,(H,28,29);2*1H. The summed E-state index contributed by atoms with van der Waals surface area (Å²) in [7, 11) is -3.28. The van der Waals surface area contributed by atoms with Crippen LogP contribution in [0.4, 0.5) is 4.39 Å². The minimum atomic E-state index is -3.28. The van der Waals surface area contributed by atoms with Crippen molar-refractivity contribution in [2.24, 2.45) is 0 Å². The maximum Gasteiger partial charge on any atom is 0.175 e. The van der Waals surface area contributed by atoms with Gasteiger partial charge < -0.3 is 0 Å². The van der Waals surface area contributed by atoms with Crippen LogP contribution >= 0.6 is 24.8 Å². The summed E-state index contributed by atoms with van der Waals surface area (Å²) in [5.41, 5.74) is 5.51. The lowest BCUT2D eigenvalue weighted by atomic mass is 9.98. The van der Waals surface area contributed by atoms with Crippen molar-refractivity contribution in [3.8, 4) is 33.6 Å². The number of aromatic amines is 1. The van der Waals surface area contributed by atoms with E-state index in [1.54, 1.807) is 42.6 Å². The van der Waals surface area contributed by atoms with Gasteiger partial charge in [0.15, 0.2) is 9.84 Å². The van der Waals surface area contributed by atoms with Crippen molar-refractivity contribution in [3.05, 3.63) is 85.1 Å². The van der Waals surface area contributed by atoms with Crippen LogP contribution in [-0.2, 0) is 9.84 Å². The Morgan fingerprint density at radius 1 is 0.794 bits per heavy atom. The summed E-state index contributed by atoms with van der Waals surface area (Å²) >= 11 is 0. The molecule has 0 unspecified atom stereocenters. The molecule has 6 nitrogen and oxygen atoms in total. The molecule has 0 saturated heterocycles. The van der Waals surface area contributed by atoms with E-state index in [1.165, 1.54) is 24.7 Å². The minimum absolute atomic E-state index is 0. The number of fused-ring (bicyclic) bond motifs is 1. The highest BCUT2D eigenvalue weighted by Crippen LogP contribution is 2.34. The number of sulfone groups is 1. The summed E-state index contributed by atoms with van der Waals surface area (Å²) < 4.78 is 36.9. The molecule has 0 aliphatic rings. The van der Waals surface area contributed by atoms with Crippen molar-refractivity contribution in [2.75, 3.05) is 6.26 Å². The molecule has 1 N–H and O–H groups in total. The fourth-order valence-corrected chi connectivity index (χ4v) is 4.28. The summed E-state index contributed by atoms with van der Waals surface area (Å²) in [6, 6.07) is 18.6. The third-order valence-corrected chi connectivity index (χ3v) is 6.39. The Hall–Kier alpha value is -3.33. The third-order valence-electron chi connectivity index (χ3n) is 5.26. The largest absolute Gasteiger partial charge is 0.284 e. The molecule has 0 saturated carbocycles. The Balaban J connectivity index is 0.00000162. The van der Waals surface area contributed by atoms with Gasteiger partial charge in [0.1, 0.15) is 12.1 Å². The number of rotatable bonds is 4. The number of nitrogens with zero attached hydrogens (tertiary/aromatic N) is 3. The third kappa shape index (κ3) is 4.79. The van der Waals surface area contributed by atoms with Gasteiger partial charge in [0.25, 0.3) is 0 Å². The summed E-state index contributed by atoms with van der Waals surface area (Å²) in [5.74, 6) is -0.305. The van der Waals surface area contributed by atoms with Gasteiger partial charge in [-0.05, 0) is 54.1 Å². The SMILES string of the molecule is CS(=O)(=O)c1ccc(-c2ncnc3ccc(-c4c[nH]nc4-c4ccc(F)cc4)cc23)cc1.Cl.Cl. The molecule has 0 radical (unpaired) electrons. The van der Waals surface area contributed by atoms with Crippen molar-refractivity contribution < 1.29 is 12.8 Å². The first kappa shape index (κ1) is 25.3. The minimum Gasteiger partial charge on any atom is -0.284 e. The van der Waals surface area contributed by atoms with Gasteiger partial charge in [-0.1, -0.05) is 18.2 Å². The first-order valence-electron chi connectivity index (χ1n) is 9.75. The molecule has 0 aliphatic carbocycles. The molecule has 0 fully saturated rings. The van der Waals surface area contributed by atoms with Crippen LogP contribution in [0.25, 0.3) is 44.5 Å². The molecule has 2 aromatic heterocycles. The van der Waals surface area contributed by atoms with E-state index >= 15 is 0 Å². The number of benzene rings is 3. The van der Waals surface area contributed by atoms with Gasteiger partial charge >= 0.3 is 0 Å². The quantitative estimate of drug-likeness (QED) is 0.329. The smallest absolute Gasteiger partial charge is 0.175 e. The molecule has 0 amide bonds. The highest BCUT2D eigenvalue weighted by molar-refractivity contribution is 7.90. The number of halogens is 3. The Kier molecular flexibility index (Phi) is 7.35. The second-order valence-electron chi connectivity index (χ2n) is 7.41. The van der Waals surface area contributed by atoms with Gasteiger partial charge in [0.2, 0.25) is 0 Å². The van der Waals surface area contributed by atoms with Crippen LogP contribution < -0.4 is 0 Å². The van der Waals surface area contributed by atoms with Crippen LogP contribution in [-0.4, -0.2) is 34.8 Å². The molecular weight excluding hydrogens is 498 g/mol. The van der Waals surface area contributed by atoms with Crippen LogP contribution in [0.1, 0.15) is 0 Å². The molecule has 5 rings (SSSR count). The highest BCUT2D eigenvalue weighted by atomic mass is 35.5. The van der Waals surface area contributed by atoms with Gasteiger partial charge in [-0.2, -0.15) is 5.10 Å². The normalized spacial score (nSPS) is 11.0.